The van der Waals surface area contributed by atoms with E-state index in [1.54, 1.807) is 6.08 Å². The lowest BCUT2D eigenvalue weighted by Crippen LogP contribution is -1.79. The van der Waals surface area contributed by atoms with Crippen LogP contribution in [0, 0.1) is 23.7 Å². The molecule has 0 fully saturated rings. The maximum Gasteiger partial charge on any atom is 0.119 e. The molecule has 0 amide bonds. The summed E-state index contributed by atoms with van der Waals surface area (Å²) in [4.78, 5) is 10.1. The van der Waals surface area contributed by atoms with E-state index < -0.39 is 0 Å². The molecule has 0 spiro atoms. The molecular formula is C17H22O. The van der Waals surface area contributed by atoms with Gasteiger partial charge in [0.05, 0.1) is 0 Å². The lowest BCUT2D eigenvalue weighted by atomic mass is 10.1. The standard InChI is InChI=1S/C17H22O/c1-2-3-4-5-6-7-8-9-10-11-12-13-14-15-16-17-18/h2-3,9-10,17H,8,11-16H2,1H3/b3-2+,10-9+. The van der Waals surface area contributed by atoms with Crippen molar-refractivity contribution in [3.8, 4) is 23.7 Å². The molecule has 0 bridgehead atoms. The van der Waals surface area contributed by atoms with E-state index in [1.807, 2.05) is 13.0 Å². The van der Waals surface area contributed by atoms with Crippen molar-refractivity contribution < 1.29 is 4.79 Å². The van der Waals surface area contributed by atoms with Crippen molar-refractivity contribution in [1.29, 1.82) is 0 Å². The number of allylic oxidation sites excluding steroid dienone is 4. The molecule has 96 valence electrons. The third kappa shape index (κ3) is 14.3. The van der Waals surface area contributed by atoms with Crippen molar-refractivity contribution in [3.63, 3.8) is 0 Å². The van der Waals surface area contributed by atoms with Crippen LogP contribution in [0.1, 0.15) is 51.9 Å². The average molecular weight is 242 g/mol. The SMILES string of the molecule is C/C=C/C#CC#CC/C=C/CCCCCCC=O. The average Bonchev–Trinajstić information content (AvgIpc) is 2.39. The summed E-state index contributed by atoms with van der Waals surface area (Å²) in [7, 11) is 0. The Morgan fingerprint density at radius 1 is 0.944 bits per heavy atom. The zero-order valence-electron chi connectivity index (χ0n) is 11.2. The summed E-state index contributed by atoms with van der Waals surface area (Å²) in [5.74, 6) is 11.4. The highest BCUT2D eigenvalue weighted by molar-refractivity contribution is 5.48. The highest BCUT2D eigenvalue weighted by Gasteiger charge is 1.87. The lowest BCUT2D eigenvalue weighted by molar-refractivity contribution is -0.107. The molecule has 0 aromatic carbocycles. The molecule has 0 radical (unpaired) electrons. The van der Waals surface area contributed by atoms with Gasteiger partial charge in [-0.1, -0.05) is 42.9 Å². The fourth-order valence-electron chi connectivity index (χ4n) is 1.36. The number of carbonyl (C=O) groups excluding carboxylic acids is 1. The van der Waals surface area contributed by atoms with Gasteiger partial charge in [0, 0.05) is 12.8 Å². The Bertz CT molecular complexity index is 366. The maximum atomic E-state index is 10.1. The molecule has 0 saturated heterocycles. The summed E-state index contributed by atoms with van der Waals surface area (Å²) in [5.41, 5.74) is 0. The van der Waals surface area contributed by atoms with E-state index in [4.69, 9.17) is 0 Å². The molecule has 18 heavy (non-hydrogen) atoms. The zero-order chi connectivity index (χ0) is 13.3. The van der Waals surface area contributed by atoms with Gasteiger partial charge in [0.1, 0.15) is 6.29 Å². The van der Waals surface area contributed by atoms with Crippen molar-refractivity contribution in [2.45, 2.75) is 51.9 Å². The number of hydrogen-bond acceptors (Lipinski definition) is 1. The number of carbonyl (C=O) groups is 1. The molecular weight excluding hydrogens is 220 g/mol. The molecule has 0 unspecified atom stereocenters. The molecule has 0 aromatic heterocycles. The first-order valence-electron chi connectivity index (χ1n) is 6.60. The molecule has 0 aromatic rings. The molecule has 0 aliphatic rings. The summed E-state index contributed by atoms with van der Waals surface area (Å²) in [5, 5.41) is 0. The van der Waals surface area contributed by atoms with E-state index in [1.165, 1.54) is 12.8 Å². The predicted molar refractivity (Wildman–Crippen MR) is 77.9 cm³/mol. The molecule has 0 N–H and O–H groups in total. The van der Waals surface area contributed by atoms with Crippen LogP contribution in [-0.4, -0.2) is 6.29 Å². The second kappa shape index (κ2) is 15.3. The third-order valence-electron chi connectivity index (χ3n) is 2.30. The topological polar surface area (TPSA) is 17.1 Å². The molecule has 0 aliphatic heterocycles. The second-order valence-corrected chi connectivity index (χ2v) is 3.90. The molecule has 0 saturated carbocycles. The van der Waals surface area contributed by atoms with Crippen LogP contribution in [0.2, 0.25) is 0 Å². The quantitative estimate of drug-likeness (QED) is 0.271. The minimum Gasteiger partial charge on any atom is -0.303 e. The van der Waals surface area contributed by atoms with Crippen molar-refractivity contribution in [2.75, 3.05) is 0 Å². The number of rotatable bonds is 8. The van der Waals surface area contributed by atoms with Crippen molar-refractivity contribution in [1.82, 2.24) is 0 Å². The van der Waals surface area contributed by atoms with Gasteiger partial charge in [-0.2, -0.15) is 0 Å². The number of hydrogen-bond donors (Lipinski definition) is 0. The largest absolute Gasteiger partial charge is 0.303 e. The summed E-state index contributed by atoms with van der Waals surface area (Å²) in [6.45, 7) is 1.93. The Hall–Kier alpha value is -1.73. The van der Waals surface area contributed by atoms with Crippen LogP contribution in [0.3, 0.4) is 0 Å². The summed E-state index contributed by atoms with van der Waals surface area (Å²) < 4.78 is 0. The minimum atomic E-state index is 0.708. The molecule has 0 aliphatic carbocycles. The Balaban J connectivity index is 3.39. The van der Waals surface area contributed by atoms with Crippen molar-refractivity contribution in [3.05, 3.63) is 24.3 Å². The van der Waals surface area contributed by atoms with Crippen LogP contribution in [0.5, 0.6) is 0 Å². The third-order valence-corrected chi connectivity index (χ3v) is 2.30. The second-order valence-electron chi connectivity index (χ2n) is 3.90. The molecule has 0 atom stereocenters. The highest BCUT2D eigenvalue weighted by Crippen LogP contribution is 2.04. The van der Waals surface area contributed by atoms with Crippen LogP contribution in [0.15, 0.2) is 24.3 Å². The van der Waals surface area contributed by atoms with Gasteiger partial charge in [-0.05, 0) is 44.1 Å². The van der Waals surface area contributed by atoms with E-state index in [0.29, 0.717) is 6.42 Å². The van der Waals surface area contributed by atoms with Crippen molar-refractivity contribution in [2.24, 2.45) is 0 Å². The number of unbranched alkanes of at least 4 members (excludes halogenated alkanes) is 5. The Kier molecular flexibility index (Phi) is 13.8. The van der Waals surface area contributed by atoms with E-state index >= 15 is 0 Å². The van der Waals surface area contributed by atoms with Gasteiger partial charge in [-0.3, -0.25) is 0 Å². The van der Waals surface area contributed by atoms with Crippen LogP contribution < -0.4 is 0 Å². The van der Waals surface area contributed by atoms with E-state index in [0.717, 1.165) is 32.0 Å². The maximum absolute atomic E-state index is 10.1. The molecule has 1 nitrogen and oxygen atoms in total. The van der Waals surface area contributed by atoms with Crippen LogP contribution in [-0.2, 0) is 4.79 Å². The van der Waals surface area contributed by atoms with Gasteiger partial charge >= 0.3 is 0 Å². The zero-order valence-corrected chi connectivity index (χ0v) is 11.2. The summed E-state index contributed by atoms with van der Waals surface area (Å²) in [6, 6.07) is 0. The van der Waals surface area contributed by atoms with Crippen LogP contribution in [0.4, 0.5) is 0 Å². The van der Waals surface area contributed by atoms with Gasteiger partial charge in [0.15, 0.2) is 0 Å². The lowest BCUT2D eigenvalue weighted by Gasteiger charge is -1.95. The minimum absolute atomic E-state index is 0.708. The van der Waals surface area contributed by atoms with E-state index in [2.05, 4.69) is 35.8 Å². The van der Waals surface area contributed by atoms with E-state index in [9.17, 15) is 4.79 Å². The summed E-state index contributed by atoms with van der Waals surface area (Å²) in [6.07, 6.45) is 16.1. The van der Waals surface area contributed by atoms with E-state index in [-0.39, 0.29) is 0 Å². The Morgan fingerprint density at radius 3 is 2.44 bits per heavy atom. The van der Waals surface area contributed by atoms with Crippen molar-refractivity contribution >= 4 is 6.29 Å². The monoisotopic (exact) mass is 242 g/mol. The Labute approximate surface area is 111 Å². The first kappa shape index (κ1) is 16.3. The first-order chi connectivity index (χ1) is 8.91. The fraction of sp³-hybridized carbons (Fsp3) is 0.471. The summed E-state index contributed by atoms with van der Waals surface area (Å²) >= 11 is 0. The molecule has 0 heterocycles. The number of aldehydes is 1. The highest BCUT2D eigenvalue weighted by atomic mass is 16.1. The van der Waals surface area contributed by atoms with Gasteiger partial charge in [0.2, 0.25) is 0 Å². The smallest absolute Gasteiger partial charge is 0.119 e. The fourth-order valence-corrected chi connectivity index (χ4v) is 1.36. The van der Waals surface area contributed by atoms with Crippen LogP contribution >= 0.6 is 0 Å². The van der Waals surface area contributed by atoms with Gasteiger partial charge in [0.25, 0.3) is 0 Å². The Morgan fingerprint density at radius 2 is 1.72 bits per heavy atom. The first-order valence-corrected chi connectivity index (χ1v) is 6.60. The van der Waals surface area contributed by atoms with Gasteiger partial charge in [-0.25, -0.2) is 0 Å². The molecule has 0 rings (SSSR count). The normalized spacial score (nSPS) is 9.83. The van der Waals surface area contributed by atoms with Gasteiger partial charge < -0.3 is 4.79 Å². The van der Waals surface area contributed by atoms with Gasteiger partial charge in [-0.15, -0.1) is 0 Å². The predicted octanol–water partition coefficient (Wildman–Crippen LogP) is 4.06. The van der Waals surface area contributed by atoms with Crippen LogP contribution in [0.25, 0.3) is 0 Å². The molecule has 1 heteroatoms.